The Hall–Kier alpha value is -2.57. The number of carbonyl (C=O) groups is 1. The van der Waals surface area contributed by atoms with Crippen LogP contribution in [0, 0.1) is 5.82 Å². The van der Waals surface area contributed by atoms with E-state index in [1.165, 1.54) is 30.3 Å². The summed E-state index contributed by atoms with van der Waals surface area (Å²) in [6.45, 7) is 0. The first kappa shape index (κ1) is 14.8. The largest absolute Gasteiger partial charge is 0.573 e. The minimum atomic E-state index is -4.99. The molecule has 2 N–H and O–H groups in total. The van der Waals surface area contributed by atoms with Gasteiger partial charge in [-0.15, -0.1) is 13.2 Å². The van der Waals surface area contributed by atoms with E-state index in [4.69, 9.17) is 5.73 Å². The third-order valence-electron chi connectivity index (χ3n) is 2.66. The first-order chi connectivity index (χ1) is 9.78. The number of hydrogen-bond acceptors (Lipinski definition) is 2. The molecule has 2 rings (SSSR count). The highest BCUT2D eigenvalue weighted by atomic mass is 19.4. The van der Waals surface area contributed by atoms with Gasteiger partial charge in [-0.1, -0.05) is 24.3 Å². The molecule has 0 heterocycles. The van der Waals surface area contributed by atoms with E-state index < -0.39 is 29.4 Å². The Morgan fingerprint density at radius 3 is 2.33 bits per heavy atom. The Labute approximate surface area is 116 Å². The minimum absolute atomic E-state index is 0.0838. The minimum Gasteiger partial charge on any atom is -0.405 e. The van der Waals surface area contributed by atoms with Crippen molar-refractivity contribution in [1.29, 1.82) is 0 Å². The molecular weight excluding hydrogens is 290 g/mol. The number of alkyl halides is 3. The lowest BCUT2D eigenvalue weighted by Gasteiger charge is -2.13. The maximum absolute atomic E-state index is 13.6. The van der Waals surface area contributed by atoms with E-state index in [-0.39, 0.29) is 11.1 Å². The molecule has 1 amide bonds. The van der Waals surface area contributed by atoms with Crippen LogP contribution in [0.25, 0.3) is 11.1 Å². The first-order valence-corrected chi connectivity index (χ1v) is 5.72. The summed E-state index contributed by atoms with van der Waals surface area (Å²) in [5, 5.41) is 0. The molecule has 3 nitrogen and oxygen atoms in total. The summed E-state index contributed by atoms with van der Waals surface area (Å²) in [5.41, 5.74) is 4.77. The molecule has 0 radical (unpaired) electrons. The van der Waals surface area contributed by atoms with Gasteiger partial charge in [0, 0.05) is 5.56 Å². The van der Waals surface area contributed by atoms with Gasteiger partial charge in [-0.05, 0) is 23.8 Å². The Balaban J connectivity index is 2.54. The van der Waals surface area contributed by atoms with Crippen LogP contribution in [-0.4, -0.2) is 12.3 Å². The zero-order chi connectivity index (χ0) is 15.6. The Bertz CT molecular complexity index is 683. The lowest BCUT2D eigenvalue weighted by atomic mass is 10.0. The van der Waals surface area contributed by atoms with Gasteiger partial charge in [0.1, 0.15) is 11.6 Å². The Kier molecular flexibility index (Phi) is 3.84. The maximum Gasteiger partial charge on any atom is 0.573 e. The number of hydrogen-bond donors (Lipinski definition) is 1. The predicted octanol–water partition coefficient (Wildman–Crippen LogP) is 3.49. The number of carbonyl (C=O) groups excluding carboxylic acids is 1. The monoisotopic (exact) mass is 299 g/mol. The number of primary amides is 1. The SMILES string of the molecule is NC(=O)c1ccc(-c2ccccc2F)cc1OC(F)(F)F. The van der Waals surface area contributed by atoms with Gasteiger partial charge < -0.3 is 10.5 Å². The van der Waals surface area contributed by atoms with E-state index in [0.29, 0.717) is 0 Å². The van der Waals surface area contributed by atoms with E-state index in [9.17, 15) is 22.4 Å². The zero-order valence-electron chi connectivity index (χ0n) is 10.4. The molecule has 0 bridgehead atoms. The standard InChI is InChI=1S/C14H9F4NO2/c15-11-4-2-1-3-9(11)8-5-6-10(13(19)20)12(7-8)21-14(16,17)18/h1-7H,(H2,19,20). The van der Waals surface area contributed by atoms with Gasteiger partial charge in [0.15, 0.2) is 0 Å². The second-order valence-corrected chi connectivity index (χ2v) is 4.10. The van der Waals surface area contributed by atoms with Crippen LogP contribution in [0.15, 0.2) is 42.5 Å². The normalized spacial score (nSPS) is 11.2. The molecule has 0 unspecified atom stereocenters. The van der Waals surface area contributed by atoms with Gasteiger partial charge >= 0.3 is 6.36 Å². The van der Waals surface area contributed by atoms with Crippen molar-refractivity contribution < 1.29 is 27.1 Å². The molecule has 0 spiro atoms. The lowest BCUT2D eigenvalue weighted by molar-refractivity contribution is -0.274. The van der Waals surface area contributed by atoms with Gasteiger partial charge in [0.05, 0.1) is 5.56 Å². The van der Waals surface area contributed by atoms with Crippen LogP contribution in [0.5, 0.6) is 5.75 Å². The first-order valence-electron chi connectivity index (χ1n) is 5.72. The summed E-state index contributed by atoms with van der Waals surface area (Å²) < 4.78 is 54.5. The smallest absolute Gasteiger partial charge is 0.405 e. The topological polar surface area (TPSA) is 52.3 Å². The van der Waals surface area contributed by atoms with Crippen molar-refractivity contribution in [3.05, 3.63) is 53.8 Å². The quantitative estimate of drug-likeness (QED) is 0.882. The van der Waals surface area contributed by atoms with Crippen LogP contribution < -0.4 is 10.5 Å². The summed E-state index contributed by atoms with van der Waals surface area (Å²) in [5.74, 6) is -2.45. The molecule has 0 saturated carbocycles. The lowest BCUT2D eigenvalue weighted by Crippen LogP contribution is -2.21. The molecule has 0 aliphatic heterocycles. The maximum atomic E-state index is 13.6. The predicted molar refractivity (Wildman–Crippen MR) is 67.0 cm³/mol. The molecule has 110 valence electrons. The van der Waals surface area contributed by atoms with E-state index in [1.54, 1.807) is 0 Å². The van der Waals surface area contributed by atoms with E-state index in [1.807, 2.05) is 0 Å². The number of halogens is 4. The van der Waals surface area contributed by atoms with Gasteiger partial charge in [-0.25, -0.2) is 4.39 Å². The van der Waals surface area contributed by atoms with Crippen molar-refractivity contribution in [3.8, 4) is 16.9 Å². The Morgan fingerprint density at radius 1 is 1.10 bits per heavy atom. The van der Waals surface area contributed by atoms with Gasteiger partial charge in [-0.2, -0.15) is 0 Å². The van der Waals surface area contributed by atoms with Crippen molar-refractivity contribution in [2.75, 3.05) is 0 Å². The second kappa shape index (κ2) is 5.43. The van der Waals surface area contributed by atoms with Crippen LogP contribution in [0.2, 0.25) is 0 Å². The van der Waals surface area contributed by atoms with Crippen LogP contribution in [0.3, 0.4) is 0 Å². The molecule has 0 aromatic heterocycles. The van der Waals surface area contributed by atoms with Gasteiger partial charge in [0.25, 0.3) is 5.91 Å². The van der Waals surface area contributed by atoms with Crippen LogP contribution in [-0.2, 0) is 0 Å². The molecule has 2 aromatic rings. The van der Waals surface area contributed by atoms with Crippen LogP contribution in [0.1, 0.15) is 10.4 Å². The number of amides is 1. The van der Waals surface area contributed by atoms with E-state index in [2.05, 4.69) is 4.74 Å². The number of rotatable bonds is 3. The molecule has 2 aromatic carbocycles. The van der Waals surface area contributed by atoms with E-state index in [0.717, 1.165) is 12.1 Å². The molecule has 0 fully saturated rings. The average Bonchev–Trinajstić information content (AvgIpc) is 2.37. The summed E-state index contributed by atoms with van der Waals surface area (Å²) in [6, 6.07) is 8.82. The molecule has 0 aliphatic carbocycles. The number of benzene rings is 2. The van der Waals surface area contributed by atoms with Gasteiger partial charge in [0.2, 0.25) is 0 Å². The number of ether oxygens (including phenoxy) is 1. The summed E-state index contributed by atoms with van der Waals surface area (Å²) in [4.78, 5) is 11.1. The fourth-order valence-corrected chi connectivity index (χ4v) is 1.80. The summed E-state index contributed by atoms with van der Waals surface area (Å²) in [6.07, 6.45) is -4.99. The summed E-state index contributed by atoms with van der Waals surface area (Å²) in [7, 11) is 0. The summed E-state index contributed by atoms with van der Waals surface area (Å²) >= 11 is 0. The fraction of sp³-hybridized carbons (Fsp3) is 0.0714. The van der Waals surface area contributed by atoms with Crippen molar-refractivity contribution in [1.82, 2.24) is 0 Å². The molecular formula is C14H9F4NO2. The Morgan fingerprint density at radius 2 is 1.76 bits per heavy atom. The highest BCUT2D eigenvalue weighted by Gasteiger charge is 2.33. The van der Waals surface area contributed by atoms with Crippen LogP contribution in [0.4, 0.5) is 17.6 Å². The highest BCUT2D eigenvalue weighted by Crippen LogP contribution is 2.32. The number of nitrogens with two attached hydrogens (primary N) is 1. The van der Waals surface area contributed by atoms with E-state index >= 15 is 0 Å². The third-order valence-corrected chi connectivity index (χ3v) is 2.66. The highest BCUT2D eigenvalue weighted by molar-refractivity contribution is 5.96. The third kappa shape index (κ3) is 3.50. The van der Waals surface area contributed by atoms with Crippen LogP contribution >= 0.6 is 0 Å². The molecule has 0 aliphatic rings. The van der Waals surface area contributed by atoms with Gasteiger partial charge in [-0.3, -0.25) is 4.79 Å². The average molecular weight is 299 g/mol. The molecule has 0 saturated heterocycles. The van der Waals surface area contributed by atoms with Crippen molar-refractivity contribution in [2.24, 2.45) is 5.73 Å². The van der Waals surface area contributed by atoms with Crippen molar-refractivity contribution in [2.45, 2.75) is 6.36 Å². The molecule has 21 heavy (non-hydrogen) atoms. The fourth-order valence-electron chi connectivity index (χ4n) is 1.80. The molecule has 7 heteroatoms. The second-order valence-electron chi connectivity index (χ2n) is 4.10. The van der Waals surface area contributed by atoms with Crippen molar-refractivity contribution in [3.63, 3.8) is 0 Å². The molecule has 0 atom stereocenters. The zero-order valence-corrected chi connectivity index (χ0v) is 10.4. The van der Waals surface area contributed by atoms with Crippen molar-refractivity contribution >= 4 is 5.91 Å².